The molecule has 0 radical (unpaired) electrons. The number of benzene rings is 1. The van der Waals surface area contributed by atoms with E-state index in [1.807, 2.05) is 0 Å². The fourth-order valence-electron chi connectivity index (χ4n) is 1.59. The van der Waals surface area contributed by atoms with E-state index >= 15 is 0 Å². The van der Waals surface area contributed by atoms with E-state index in [9.17, 15) is 9.18 Å². The SMILES string of the molecule is CCOC(=O)c1nc(-c2c(F)cccc2Cl)sc1C. The number of hydrogen-bond acceptors (Lipinski definition) is 4. The Bertz CT molecular complexity index is 607. The molecule has 1 aromatic carbocycles. The van der Waals surface area contributed by atoms with Gasteiger partial charge in [0.25, 0.3) is 0 Å². The summed E-state index contributed by atoms with van der Waals surface area (Å²) in [5.41, 5.74) is 0.425. The number of hydrogen-bond donors (Lipinski definition) is 0. The number of nitrogens with zero attached hydrogens (tertiary/aromatic N) is 1. The summed E-state index contributed by atoms with van der Waals surface area (Å²) in [5, 5.41) is 0.646. The van der Waals surface area contributed by atoms with Gasteiger partial charge in [0.1, 0.15) is 10.8 Å². The Morgan fingerprint density at radius 2 is 2.26 bits per heavy atom. The highest BCUT2D eigenvalue weighted by atomic mass is 35.5. The van der Waals surface area contributed by atoms with Crippen LogP contribution >= 0.6 is 22.9 Å². The number of rotatable bonds is 3. The second kappa shape index (κ2) is 5.67. The van der Waals surface area contributed by atoms with Gasteiger partial charge in [0.15, 0.2) is 5.69 Å². The number of thiazole rings is 1. The molecular formula is C13H11ClFNO2S. The molecule has 100 valence electrons. The largest absolute Gasteiger partial charge is 0.461 e. The van der Waals surface area contributed by atoms with Crippen LogP contribution in [-0.2, 0) is 4.74 Å². The van der Waals surface area contributed by atoms with E-state index in [-0.39, 0.29) is 22.9 Å². The molecule has 0 atom stereocenters. The summed E-state index contributed by atoms with van der Waals surface area (Å²) in [6.07, 6.45) is 0. The van der Waals surface area contributed by atoms with Crippen LogP contribution in [0.5, 0.6) is 0 Å². The number of ether oxygens (including phenoxy) is 1. The predicted molar refractivity (Wildman–Crippen MR) is 73.2 cm³/mol. The smallest absolute Gasteiger partial charge is 0.358 e. The monoisotopic (exact) mass is 299 g/mol. The zero-order valence-electron chi connectivity index (χ0n) is 10.4. The van der Waals surface area contributed by atoms with Crippen molar-refractivity contribution in [3.8, 4) is 10.6 Å². The molecule has 0 fully saturated rings. The lowest BCUT2D eigenvalue weighted by Gasteiger charge is -2.01. The van der Waals surface area contributed by atoms with Crippen LogP contribution in [0.4, 0.5) is 4.39 Å². The highest BCUT2D eigenvalue weighted by Gasteiger charge is 2.20. The molecule has 19 heavy (non-hydrogen) atoms. The van der Waals surface area contributed by atoms with Crippen molar-refractivity contribution in [1.29, 1.82) is 0 Å². The quantitative estimate of drug-likeness (QED) is 0.801. The molecule has 0 N–H and O–H groups in total. The average Bonchev–Trinajstić information content (AvgIpc) is 2.71. The van der Waals surface area contributed by atoms with Crippen LogP contribution in [0.25, 0.3) is 10.6 Å². The summed E-state index contributed by atoms with van der Waals surface area (Å²) in [6, 6.07) is 4.41. The van der Waals surface area contributed by atoms with Crippen molar-refractivity contribution in [1.82, 2.24) is 4.98 Å². The molecule has 0 aliphatic heterocycles. The number of carbonyl (C=O) groups is 1. The van der Waals surface area contributed by atoms with Crippen LogP contribution in [0.1, 0.15) is 22.3 Å². The first-order chi connectivity index (χ1) is 9.04. The van der Waals surface area contributed by atoms with Crippen molar-refractivity contribution < 1.29 is 13.9 Å². The number of aromatic nitrogens is 1. The standard InChI is InChI=1S/C13H11ClFNO2S/c1-3-18-13(17)11-7(2)19-12(16-11)10-8(14)5-4-6-9(10)15/h4-6H,3H2,1-2H3. The van der Waals surface area contributed by atoms with Gasteiger partial charge in [0.2, 0.25) is 0 Å². The van der Waals surface area contributed by atoms with Crippen LogP contribution in [-0.4, -0.2) is 17.6 Å². The second-order valence-corrected chi connectivity index (χ2v) is 5.35. The maximum Gasteiger partial charge on any atom is 0.358 e. The fraction of sp³-hybridized carbons (Fsp3) is 0.231. The Kier molecular flexibility index (Phi) is 4.17. The van der Waals surface area contributed by atoms with Crippen molar-refractivity contribution in [2.45, 2.75) is 13.8 Å². The van der Waals surface area contributed by atoms with Crippen LogP contribution < -0.4 is 0 Å². The summed E-state index contributed by atoms with van der Waals surface area (Å²) in [7, 11) is 0. The van der Waals surface area contributed by atoms with Gasteiger partial charge in [-0.15, -0.1) is 11.3 Å². The topological polar surface area (TPSA) is 39.2 Å². The van der Waals surface area contributed by atoms with Crippen molar-refractivity contribution >= 4 is 28.9 Å². The van der Waals surface area contributed by atoms with Gasteiger partial charge in [-0.2, -0.15) is 0 Å². The van der Waals surface area contributed by atoms with Gasteiger partial charge in [-0.25, -0.2) is 14.2 Å². The van der Waals surface area contributed by atoms with Gasteiger partial charge in [0, 0.05) is 4.88 Å². The van der Waals surface area contributed by atoms with Crippen molar-refractivity contribution in [3.05, 3.63) is 39.6 Å². The molecule has 0 saturated heterocycles. The number of carbonyl (C=O) groups excluding carboxylic acids is 1. The third-order valence-electron chi connectivity index (χ3n) is 2.44. The van der Waals surface area contributed by atoms with Gasteiger partial charge >= 0.3 is 5.97 Å². The normalized spacial score (nSPS) is 10.5. The summed E-state index contributed by atoms with van der Waals surface area (Å²) in [4.78, 5) is 16.5. The second-order valence-electron chi connectivity index (χ2n) is 3.74. The van der Waals surface area contributed by atoms with Gasteiger partial charge in [-0.3, -0.25) is 0 Å². The third kappa shape index (κ3) is 2.77. The fourth-order valence-corrected chi connectivity index (χ4v) is 2.86. The molecule has 0 unspecified atom stereocenters. The van der Waals surface area contributed by atoms with Crippen LogP contribution in [0, 0.1) is 12.7 Å². The first-order valence-corrected chi connectivity index (χ1v) is 6.83. The minimum atomic E-state index is -0.505. The van der Waals surface area contributed by atoms with Crippen molar-refractivity contribution in [2.75, 3.05) is 6.61 Å². The van der Waals surface area contributed by atoms with Gasteiger partial charge < -0.3 is 4.74 Å². The lowest BCUT2D eigenvalue weighted by Crippen LogP contribution is -2.06. The number of aryl methyl sites for hydroxylation is 1. The van der Waals surface area contributed by atoms with E-state index in [1.165, 1.54) is 23.5 Å². The third-order valence-corrected chi connectivity index (χ3v) is 3.75. The summed E-state index contributed by atoms with van der Waals surface area (Å²) >= 11 is 7.19. The molecule has 1 heterocycles. The summed E-state index contributed by atoms with van der Waals surface area (Å²) < 4.78 is 18.7. The van der Waals surface area contributed by atoms with E-state index in [0.717, 1.165) is 0 Å². The molecular weight excluding hydrogens is 289 g/mol. The van der Waals surface area contributed by atoms with E-state index in [1.54, 1.807) is 19.9 Å². The Hall–Kier alpha value is -1.46. The van der Waals surface area contributed by atoms with Gasteiger partial charge in [-0.05, 0) is 26.0 Å². The van der Waals surface area contributed by atoms with E-state index in [4.69, 9.17) is 16.3 Å². The average molecular weight is 300 g/mol. The van der Waals surface area contributed by atoms with E-state index in [0.29, 0.717) is 9.88 Å². The Morgan fingerprint density at radius 3 is 2.89 bits per heavy atom. The molecule has 0 saturated carbocycles. The highest BCUT2D eigenvalue weighted by molar-refractivity contribution is 7.15. The lowest BCUT2D eigenvalue weighted by molar-refractivity contribution is 0.0519. The lowest BCUT2D eigenvalue weighted by atomic mass is 10.2. The predicted octanol–water partition coefficient (Wildman–Crippen LogP) is 4.09. The van der Waals surface area contributed by atoms with E-state index < -0.39 is 11.8 Å². The van der Waals surface area contributed by atoms with Crippen molar-refractivity contribution in [2.24, 2.45) is 0 Å². The summed E-state index contributed by atoms with van der Waals surface area (Å²) in [6.45, 7) is 3.72. The molecule has 0 amide bonds. The van der Waals surface area contributed by atoms with Crippen molar-refractivity contribution in [3.63, 3.8) is 0 Å². The molecule has 0 aliphatic rings. The molecule has 2 aromatic rings. The molecule has 0 spiro atoms. The summed E-state index contributed by atoms with van der Waals surface area (Å²) in [5.74, 6) is -0.966. The minimum Gasteiger partial charge on any atom is -0.461 e. The Morgan fingerprint density at radius 1 is 1.53 bits per heavy atom. The van der Waals surface area contributed by atoms with Gasteiger partial charge in [-0.1, -0.05) is 17.7 Å². The molecule has 3 nitrogen and oxygen atoms in total. The van der Waals surface area contributed by atoms with Crippen LogP contribution in [0.15, 0.2) is 18.2 Å². The van der Waals surface area contributed by atoms with Gasteiger partial charge in [0.05, 0.1) is 17.2 Å². The van der Waals surface area contributed by atoms with Crippen LogP contribution in [0.3, 0.4) is 0 Å². The zero-order valence-corrected chi connectivity index (χ0v) is 11.9. The molecule has 0 bridgehead atoms. The van der Waals surface area contributed by atoms with Crippen LogP contribution in [0.2, 0.25) is 5.02 Å². The maximum atomic E-state index is 13.8. The van der Waals surface area contributed by atoms with E-state index in [2.05, 4.69) is 4.98 Å². The maximum absolute atomic E-state index is 13.8. The number of esters is 1. The zero-order chi connectivity index (χ0) is 14.0. The molecule has 0 aliphatic carbocycles. The first kappa shape index (κ1) is 14.0. The number of halogens is 2. The molecule has 6 heteroatoms. The molecule has 1 aromatic heterocycles. The molecule has 2 rings (SSSR count). The first-order valence-electron chi connectivity index (χ1n) is 5.63. The highest BCUT2D eigenvalue weighted by Crippen LogP contribution is 2.34. The Balaban J connectivity index is 2.48. The Labute approximate surface area is 119 Å². The minimum absolute atomic E-state index is 0.209.